The van der Waals surface area contributed by atoms with Crippen molar-refractivity contribution in [2.75, 3.05) is 6.54 Å². The summed E-state index contributed by atoms with van der Waals surface area (Å²) in [5, 5.41) is 3.76. The topological polar surface area (TPSA) is 12.0 Å². The molecule has 78 valence electrons. The van der Waals surface area contributed by atoms with Crippen LogP contribution in [0.25, 0.3) is 0 Å². The highest BCUT2D eigenvalue weighted by Crippen LogP contribution is 2.43. The standard InChI is InChI=1S/C13H21N/c1-9(10-5-6-10)8-14-13-7-11-3-2-4-12(11)13/h2,4,9-14H,3,5-8H2,1H3. The highest BCUT2D eigenvalue weighted by atomic mass is 14.9. The Morgan fingerprint density at radius 3 is 3.00 bits per heavy atom. The Morgan fingerprint density at radius 1 is 1.43 bits per heavy atom. The zero-order valence-corrected chi connectivity index (χ0v) is 9.08. The van der Waals surface area contributed by atoms with Crippen LogP contribution >= 0.6 is 0 Å². The van der Waals surface area contributed by atoms with E-state index in [4.69, 9.17) is 0 Å². The number of allylic oxidation sites excluding steroid dienone is 1. The summed E-state index contributed by atoms with van der Waals surface area (Å²) in [6.07, 6.45) is 10.6. The van der Waals surface area contributed by atoms with Crippen LogP contribution in [0.3, 0.4) is 0 Å². The van der Waals surface area contributed by atoms with E-state index in [-0.39, 0.29) is 0 Å². The van der Waals surface area contributed by atoms with Gasteiger partial charge in [0.05, 0.1) is 0 Å². The van der Waals surface area contributed by atoms with Crippen LogP contribution in [0.1, 0.15) is 32.6 Å². The lowest BCUT2D eigenvalue weighted by molar-refractivity contribution is 0.157. The van der Waals surface area contributed by atoms with Crippen molar-refractivity contribution >= 4 is 0 Å². The van der Waals surface area contributed by atoms with E-state index in [0.29, 0.717) is 0 Å². The van der Waals surface area contributed by atoms with Gasteiger partial charge in [0.15, 0.2) is 0 Å². The molecule has 1 heteroatoms. The van der Waals surface area contributed by atoms with Gasteiger partial charge in [0.2, 0.25) is 0 Å². The quantitative estimate of drug-likeness (QED) is 0.673. The van der Waals surface area contributed by atoms with Gasteiger partial charge in [-0.1, -0.05) is 19.1 Å². The maximum atomic E-state index is 3.76. The summed E-state index contributed by atoms with van der Waals surface area (Å²) >= 11 is 0. The van der Waals surface area contributed by atoms with Gasteiger partial charge in [-0.15, -0.1) is 0 Å². The van der Waals surface area contributed by atoms with Gasteiger partial charge in [-0.3, -0.25) is 0 Å². The Labute approximate surface area is 87.0 Å². The Kier molecular flexibility index (Phi) is 2.16. The molecule has 2 fully saturated rings. The van der Waals surface area contributed by atoms with E-state index in [1.54, 1.807) is 0 Å². The van der Waals surface area contributed by atoms with Crippen molar-refractivity contribution in [3.8, 4) is 0 Å². The summed E-state index contributed by atoms with van der Waals surface area (Å²) in [5.74, 6) is 3.86. The van der Waals surface area contributed by atoms with Crippen molar-refractivity contribution < 1.29 is 0 Å². The predicted octanol–water partition coefficient (Wildman–Crippen LogP) is 2.59. The molecule has 3 rings (SSSR count). The summed E-state index contributed by atoms with van der Waals surface area (Å²) in [5.41, 5.74) is 0. The summed E-state index contributed by atoms with van der Waals surface area (Å²) in [6.45, 7) is 3.66. The summed E-state index contributed by atoms with van der Waals surface area (Å²) in [7, 11) is 0. The molecule has 0 saturated heterocycles. The monoisotopic (exact) mass is 191 g/mol. The fourth-order valence-corrected chi connectivity index (χ4v) is 3.12. The van der Waals surface area contributed by atoms with E-state index in [2.05, 4.69) is 24.4 Å². The lowest BCUT2D eigenvalue weighted by Gasteiger charge is -2.41. The number of fused-ring (bicyclic) bond motifs is 1. The van der Waals surface area contributed by atoms with E-state index in [9.17, 15) is 0 Å². The van der Waals surface area contributed by atoms with Crippen molar-refractivity contribution in [1.82, 2.24) is 5.32 Å². The van der Waals surface area contributed by atoms with Gasteiger partial charge in [-0.25, -0.2) is 0 Å². The maximum absolute atomic E-state index is 3.76. The molecule has 0 aliphatic heterocycles. The molecule has 0 heterocycles. The lowest BCUT2D eigenvalue weighted by atomic mass is 9.71. The molecule has 3 aliphatic carbocycles. The van der Waals surface area contributed by atoms with Crippen LogP contribution in [0.2, 0.25) is 0 Å². The van der Waals surface area contributed by atoms with Crippen molar-refractivity contribution in [3.05, 3.63) is 12.2 Å². The van der Waals surface area contributed by atoms with E-state index in [0.717, 1.165) is 29.7 Å². The predicted molar refractivity (Wildman–Crippen MR) is 59.0 cm³/mol. The second-order valence-corrected chi connectivity index (χ2v) is 5.57. The first-order valence-electron chi connectivity index (χ1n) is 6.24. The Bertz CT molecular complexity index is 242. The molecule has 3 aliphatic rings. The van der Waals surface area contributed by atoms with Crippen LogP contribution < -0.4 is 5.32 Å². The summed E-state index contributed by atoms with van der Waals surface area (Å²) in [4.78, 5) is 0. The Hall–Kier alpha value is -0.300. The first-order valence-corrected chi connectivity index (χ1v) is 6.24. The minimum atomic E-state index is 0.819. The normalized spacial score (nSPS) is 41.9. The third-order valence-electron chi connectivity index (χ3n) is 4.49. The van der Waals surface area contributed by atoms with Crippen LogP contribution in [-0.2, 0) is 0 Å². The van der Waals surface area contributed by atoms with Crippen molar-refractivity contribution in [2.24, 2.45) is 23.7 Å². The molecule has 0 aromatic heterocycles. The Balaban J connectivity index is 1.42. The van der Waals surface area contributed by atoms with Gasteiger partial charge in [0.1, 0.15) is 0 Å². The van der Waals surface area contributed by atoms with Gasteiger partial charge >= 0.3 is 0 Å². The SMILES string of the molecule is CC(CNC1CC2CC=CC21)C1CC1. The lowest BCUT2D eigenvalue weighted by Crippen LogP contribution is -2.49. The number of rotatable bonds is 4. The molecular formula is C13H21N. The van der Waals surface area contributed by atoms with E-state index in [1.807, 2.05) is 0 Å². The highest BCUT2D eigenvalue weighted by molar-refractivity contribution is 5.12. The molecule has 0 bridgehead atoms. The first kappa shape index (κ1) is 8.96. The van der Waals surface area contributed by atoms with Crippen LogP contribution in [0.5, 0.6) is 0 Å². The van der Waals surface area contributed by atoms with Gasteiger partial charge in [-0.05, 0) is 55.9 Å². The van der Waals surface area contributed by atoms with Crippen LogP contribution in [-0.4, -0.2) is 12.6 Å². The average molecular weight is 191 g/mol. The minimum absolute atomic E-state index is 0.819. The smallest absolute Gasteiger partial charge is 0.0136 e. The van der Waals surface area contributed by atoms with Gasteiger partial charge in [0, 0.05) is 6.04 Å². The second kappa shape index (κ2) is 3.37. The average Bonchev–Trinajstić information content (AvgIpc) is 2.92. The molecule has 1 N–H and O–H groups in total. The molecule has 4 unspecified atom stereocenters. The van der Waals surface area contributed by atoms with Crippen LogP contribution in [0.4, 0.5) is 0 Å². The highest BCUT2D eigenvalue weighted by Gasteiger charge is 2.41. The molecule has 0 spiro atoms. The molecule has 14 heavy (non-hydrogen) atoms. The second-order valence-electron chi connectivity index (χ2n) is 5.57. The van der Waals surface area contributed by atoms with Gasteiger partial charge in [-0.2, -0.15) is 0 Å². The van der Waals surface area contributed by atoms with E-state index >= 15 is 0 Å². The molecule has 1 nitrogen and oxygen atoms in total. The Morgan fingerprint density at radius 2 is 2.29 bits per heavy atom. The third kappa shape index (κ3) is 1.52. The minimum Gasteiger partial charge on any atom is -0.313 e. The van der Waals surface area contributed by atoms with Crippen LogP contribution in [0, 0.1) is 23.7 Å². The van der Waals surface area contributed by atoms with E-state index < -0.39 is 0 Å². The number of hydrogen-bond donors (Lipinski definition) is 1. The zero-order chi connectivity index (χ0) is 9.54. The van der Waals surface area contributed by atoms with E-state index in [1.165, 1.54) is 32.2 Å². The fourth-order valence-electron chi connectivity index (χ4n) is 3.12. The fraction of sp³-hybridized carbons (Fsp3) is 0.846. The molecular weight excluding hydrogens is 170 g/mol. The molecule has 2 saturated carbocycles. The van der Waals surface area contributed by atoms with Crippen molar-refractivity contribution in [3.63, 3.8) is 0 Å². The number of nitrogens with one attached hydrogen (secondary N) is 1. The maximum Gasteiger partial charge on any atom is 0.0136 e. The summed E-state index contributed by atoms with van der Waals surface area (Å²) in [6, 6.07) is 0.819. The van der Waals surface area contributed by atoms with Gasteiger partial charge < -0.3 is 5.32 Å². The molecule has 0 aromatic rings. The molecule has 0 aromatic carbocycles. The molecule has 4 atom stereocenters. The van der Waals surface area contributed by atoms with Gasteiger partial charge in [0.25, 0.3) is 0 Å². The van der Waals surface area contributed by atoms with Crippen molar-refractivity contribution in [1.29, 1.82) is 0 Å². The van der Waals surface area contributed by atoms with Crippen molar-refractivity contribution in [2.45, 2.75) is 38.6 Å². The third-order valence-corrected chi connectivity index (χ3v) is 4.49. The summed E-state index contributed by atoms with van der Waals surface area (Å²) < 4.78 is 0. The molecule has 0 radical (unpaired) electrons. The first-order chi connectivity index (χ1) is 6.84. The zero-order valence-electron chi connectivity index (χ0n) is 9.08. The largest absolute Gasteiger partial charge is 0.313 e. The van der Waals surface area contributed by atoms with Crippen LogP contribution in [0.15, 0.2) is 12.2 Å². The number of hydrogen-bond acceptors (Lipinski definition) is 1. The molecule has 0 amide bonds.